The summed E-state index contributed by atoms with van der Waals surface area (Å²) >= 11 is 0. The number of pyridine rings is 1. The fraction of sp³-hybridized carbons (Fsp3) is 0. The van der Waals surface area contributed by atoms with Gasteiger partial charge in [0, 0.05) is 38.4 Å². The van der Waals surface area contributed by atoms with Crippen molar-refractivity contribution < 1.29 is 0 Å². The molecule has 8 aromatic carbocycles. The molecule has 54 heavy (non-hydrogen) atoms. The molecule has 3 heteroatoms. The molecule has 0 spiro atoms. The number of hydrogen-bond donors (Lipinski definition) is 0. The van der Waals surface area contributed by atoms with E-state index in [0.29, 0.717) is 5.82 Å². The molecule has 0 aliphatic rings. The maximum Gasteiger partial charge on any atom is 0.160 e. The van der Waals surface area contributed by atoms with Gasteiger partial charge in [-0.3, -0.25) is 0 Å². The minimum absolute atomic E-state index is 0.677. The number of aromatic nitrogens is 3. The van der Waals surface area contributed by atoms with Crippen molar-refractivity contribution in [3.63, 3.8) is 0 Å². The third-order valence-electron chi connectivity index (χ3n) is 10.2. The van der Waals surface area contributed by atoms with Gasteiger partial charge in [0.2, 0.25) is 0 Å². The van der Waals surface area contributed by atoms with Crippen molar-refractivity contribution in [2.24, 2.45) is 0 Å². The highest BCUT2D eigenvalue weighted by Gasteiger charge is 2.16. The lowest BCUT2D eigenvalue weighted by Gasteiger charge is -2.14. The molecule has 2 heterocycles. The quantitative estimate of drug-likeness (QED) is 0.163. The predicted molar refractivity (Wildman–Crippen MR) is 225 cm³/mol. The molecule has 0 fully saturated rings. The van der Waals surface area contributed by atoms with Crippen LogP contribution in [0.15, 0.2) is 200 Å². The van der Waals surface area contributed by atoms with E-state index in [1.165, 1.54) is 21.7 Å². The van der Waals surface area contributed by atoms with Crippen LogP contribution in [0, 0.1) is 0 Å². The van der Waals surface area contributed by atoms with Crippen molar-refractivity contribution in [2.75, 3.05) is 0 Å². The first-order valence-corrected chi connectivity index (χ1v) is 18.3. The van der Waals surface area contributed by atoms with E-state index in [0.717, 1.165) is 72.3 Å². The van der Waals surface area contributed by atoms with Crippen LogP contribution in [0.4, 0.5) is 0 Å². The van der Waals surface area contributed by atoms with Crippen LogP contribution in [-0.2, 0) is 0 Å². The Hall–Kier alpha value is -7.23. The third kappa shape index (κ3) is 5.78. The van der Waals surface area contributed by atoms with Crippen molar-refractivity contribution in [1.82, 2.24) is 15.0 Å². The van der Waals surface area contributed by atoms with Crippen molar-refractivity contribution in [1.29, 1.82) is 0 Å². The summed E-state index contributed by atoms with van der Waals surface area (Å²) in [4.78, 5) is 15.8. The Morgan fingerprint density at radius 3 is 1.46 bits per heavy atom. The van der Waals surface area contributed by atoms with Crippen molar-refractivity contribution >= 4 is 32.4 Å². The number of benzene rings is 8. The lowest BCUT2D eigenvalue weighted by atomic mass is 9.94. The zero-order valence-corrected chi connectivity index (χ0v) is 29.4. The maximum atomic E-state index is 5.29. The monoisotopic (exact) mass is 687 g/mol. The molecule has 0 saturated heterocycles. The van der Waals surface area contributed by atoms with Crippen LogP contribution in [0.1, 0.15) is 0 Å². The highest BCUT2D eigenvalue weighted by atomic mass is 14.9. The summed E-state index contributed by atoms with van der Waals surface area (Å²) in [6.07, 6.45) is 0. The molecular formula is C51H33N3. The van der Waals surface area contributed by atoms with Crippen LogP contribution >= 0.6 is 0 Å². The lowest BCUT2D eigenvalue weighted by molar-refractivity contribution is 1.18. The number of hydrogen-bond acceptors (Lipinski definition) is 3. The fourth-order valence-electron chi connectivity index (χ4n) is 7.60. The van der Waals surface area contributed by atoms with Crippen LogP contribution in [0.2, 0.25) is 0 Å². The zero-order valence-electron chi connectivity index (χ0n) is 29.4. The first kappa shape index (κ1) is 31.5. The van der Waals surface area contributed by atoms with Gasteiger partial charge in [0.1, 0.15) is 0 Å². The minimum atomic E-state index is 0.677. The molecule has 10 aromatic rings. The van der Waals surface area contributed by atoms with Gasteiger partial charge in [-0.25, -0.2) is 15.0 Å². The van der Waals surface area contributed by atoms with E-state index in [-0.39, 0.29) is 0 Å². The highest BCUT2D eigenvalue weighted by Crippen LogP contribution is 2.38. The number of fused-ring (bicyclic) bond motifs is 5. The summed E-state index contributed by atoms with van der Waals surface area (Å²) in [7, 11) is 0. The van der Waals surface area contributed by atoms with Crippen LogP contribution in [-0.4, -0.2) is 15.0 Å². The average molecular weight is 688 g/mol. The van der Waals surface area contributed by atoms with Gasteiger partial charge in [0.15, 0.2) is 5.82 Å². The number of rotatable bonds is 6. The van der Waals surface area contributed by atoms with E-state index in [1.54, 1.807) is 0 Å². The van der Waals surface area contributed by atoms with Gasteiger partial charge in [0.25, 0.3) is 0 Å². The molecule has 0 amide bonds. The topological polar surface area (TPSA) is 38.7 Å². The normalized spacial score (nSPS) is 11.3. The molecule has 3 nitrogen and oxygen atoms in total. The standard InChI is InChI=1S/C51H33N3/c1-3-14-34(15-4-1)37-19-11-21-39(30-37)47-33-48(54-51(53-47)42-24-12-20-38(31-42)35-16-5-2-6-17-35)40-22-13-23-41(32-40)50-45-29-28-36-18-7-8-25-43(36)49(45)44-26-9-10-27-46(44)52-50/h1-33H. The van der Waals surface area contributed by atoms with E-state index in [9.17, 15) is 0 Å². The van der Waals surface area contributed by atoms with E-state index >= 15 is 0 Å². The lowest BCUT2D eigenvalue weighted by Crippen LogP contribution is -1.97. The van der Waals surface area contributed by atoms with Crippen LogP contribution < -0.4 is 0 Å². The van der Waals surface area contributed by atoms with E-state index in [1.807, 2.05) is 12.1 Å². The van der Waals surface area contributed by atoms with Crippen LogP contribution in [0.5, 0.6) is 0 Å². The Bertz CT molecular complexity index is 2870. The van der Waals surface area contributed by atoms with Gasteiger partial charge in [0.05, 0.1) is 22.6 Å². The van der Waals surface area contributed by atoms with Crippen LogP contribution in [0.3, 0.4) is 0 Å². The Morgan fingerprint density at radius 2 is 0.778 bits per heavy atom. The van der Waals surface area contributed by atoms with E-state index in [2.05, 4.69) is 188 Å². The average Bonchev–Trinajstić information content (AvgIpc) is 3.26. The van der Waals surface area contributed by atoms with Gasteiger partial charge in [-0.2, -0.15) is 0 Å². The molecule has 0 atom stereocenters. The largest absolute Gasteiger partial charge is 0.247 e. The van der Waals surface area contributed by atoms with Gasteiger partial charge >= 0.3 is 0 Å². The van der Waals surface area contributed by atoms with Gasteiger partial charge in [-0.15, -0.1) is 0 Å². The zero-order chi connectivity index (χ0) is 35.8. The summed E-state index contributed by atoms with van der Waals surface area (Å²) in [5.74, 6) is 0.677. The Kier molecular flexibility index (Phi) is 7.81. The molecule has 252 valence electrons. The van der Waals surface area contributed by atoms with E-state index < -0.39 is 0 Å². The first-order chi connectivity index (χ1) is 26.7. The van der Waals surface area contributed by atoms with Crippen molar-refractivity contribution in [3.05, 3.63) is 200 Å². The highest BCUT2D eigenvalue weighted by molar-refractivity contribution is 6.22. The fourth-order valence-corrected chi connectivity index (χ4v) is 7.60. The smallest absolute Gasteiger partial charge is 0.160 e. The molecule has 0 unspecified atom stereocenters. The molecule has 0 aliphatic heterocycles. The summed E-state index contributed by atoms with van der Waals surface area (Å²) in [6.45, 7) is 0. The van der Waals surface area contributed by atoms with E-state index in [4.69, 9.17) is 15.0 Å². The summed E-state index contributed by atoms with van der Waals surface area (Å²) in [6, 6.07) is 70.3. The molecule has 10 rings (SSSR count). The molecule has 0 bridgehead atoms. The van der Waals surface area contributed by atoms with Crippen molar-refractivity contribution in [3.8, 4) is 67.4 Å². The predicted octanol–water partition coefficient (Wildman–Crippen LogP) is 13.3. The summed E-state index contributed by atoms with van der Waals surface area (Å²) in [5, 5.41) is 5.96. The third-order valence-corrected chi connectivity index (χ3v) is 10.2. The summed E-state index contributed by atoms with van der Waals surface area (Å²) < 4.78 is 0. The Morgan fingerprint density at radius 1 is 0.278 bits per heavy atom. The molecule has 0 radical (unpaired) electrons. The molecule has 0 saturated carbocycles. The second-order valence-electron chi connectivity index (χ2n) is 13.6. The molecule has 0 N–H and O–H groups in total. The Balaban J connectivity index is 1.16. The number of para-hydroxylation sites is 1. The second kappa shape index (κ2) is 13.4. The first-order valence-electron chi connectivity index (χ1n) is 18.3. The SMILES string of the molecule is c1ccc(-c2cccc(-c3cc(-c4cccc(-c5nc6ccccc6c6c5ccc5ccccc56)c4)nc(-c4cccc(-c5ccccc5)c4)n3)c2)cc1. The van der Waals surface area contributed by atoms with Gasteiger partial charge < -0.3 is 0 Å². The minimum Gasteiger partial charge on any atom is -0.247 e. The van der Waals surface area contributed by atoms with Gasteiger partial charge in [-0.05, 0) is 63.4 Å². The second-order valence-corrected chi connectivity index (χ2v) is 13.6. The maximum absolute atomic E-state index is 5.29. The summed E-state index contributed by atoms with van der Waals surface area (Å²) in [5.41, 5.74) is 12.3. The Labute approximate surface area is 313 Å². The molecular weight excluding hydrogens is 655 g/mol. The van der Waals surface area contributed by atoms with Gasteiger partial charge in [-0.1, -0.05) is 170 Å². The molecule has 2 aromatic heterocycles. The van der Waals surface area contributed by atoms with Crippen molar-refractivity contribution in [2.45, 2.75) is 0 Å². The number of nitrogens with zero attached hydrogens (tertiary/aromatic N) is 3. The van der Waals surface area contributed by atoms with Crippen LogP contribution in [0.25, 0.3) is 99.9 Å². The molecule has 0 aliphatic carbocycles.